The quantitative estimate of drug-likeness (QED) is 0.748. The number of methoxy groups -OCH3 is 1. The molecule has 0 radical (unpaired) electrons. The van der Waals surface area contributed by atoms with Crippen LogP contribution >= 0.6 is 0 Å². The van der Waals surface area contributed by atoms with Gasteiger partial charge in [0.1, 0.15) is 5.70 Å². The number of hydrogen-bond acceptors (Lipinski definition) is 3. The van der Waals surface area contributed by atoms with Crippen molar-refractivity contribution in [2.24, 2.45) is 10.4 Å². The largest absolute Gasteiger partial charge is 0.484 e. The first-order valence-corrected chi connectivity index (χ1v) is 6.08. The minimum absolute atomic E-state index is 0.0799. The minimum atomic E-state index is 0.0799. The SMILES string of the molecule is COC1=NC(c2ccco2)=CC(C(C)(C)C)=CC1. The van der Waals surface area contributed by atoms with E-state index in [4.69, 9.17) is 9.15 Å². The van der Waals surface area contributed by atoms with Gasteiger partial charge in [-0.3, -0.25) is 0 Å². The molecule has 0 amide bonds. The smallest absolute Gasteiger partial charge is 0.192 e. The number of furan rings is 1. The fourth-order valence-electron chi connectivity index (χ4n) is 1.82. The van der Waals surface area contributed by atoms with Crippen LogP contribution in [0.1, 0.15) is 33.0 Å². The first-order chi connectivity index (χ1) is 8.50. The lowest BCUT2D eigenvalue weighted by Crippen LogP contribution is -2.08. The number of ether oxygens (including phenoxy) is 1. The van der Waals surface area contributed by atoms with Gasteiger partial charge in [-0.2, -0.15) is 0 Å². The zero-order valence-corrected chi connectivity index (χ0v) is 11.4. The molecule has 1 aliphatic heterocycles. The van der Waals surface area contributed by atoms with Crippen LogP contribution in [0.15, 0.2) is 45.5 Å². The Hall–Kier alpha value is -1.77. The van der Waals surface area contributed by atoms with Crippen molar-refractivity contribution in [1.82, 2.24) is 0 Å². The molecule has 18 heavy (non-hydrogen) atoms. The van der Waals surface area contributed by atoms with E-state index in [0.29, 0.717) is 12.3 Å². The molecule has 0 aliphatic carbocycles. The summed E-state index contributed by atoms with van der Waals surface area (Å²) >= 11 is 0. The molecule has 0 fully saturated rings. The Labute approximate surface area is 108 Å². The van der Waals surface area contributed by atoms with Gasteiger partial charge in [0.15, 0.2) is 11.7 Å². The summed E-state index contributed by atoms with van der Waals surface area (Å²) < 4.78 is 10.7. The fourth-order valence-corrected chi connectivity index (χ4v) is 1.82. The van der Waals surface area contributed by atoms with E-state index in [2.05, 4.69) is 37.9 Å². The number of aliphatic imine (C=N–C) groups is 1. The van der Waals surface area contributed by atoms with Gasteiger partial charge in [-0.25, -0.2) is 4.99 Å². The van der Waals surface area contributed by atoms with Crippen LogP contribution in [0.25, 0.3) is 5.70 Å². The second-order valence-electron chi connectivity index (χ2n) is 5.33. The van der Waals surface area contributed by atoms with E-state index in [0.717, 1.165) is 11.5 Å². The molecule has 2 rings (SSSR count). The van der Waals surface area contributed by atoms with Gasteiger partial charge in [0.05, 0.1) is 13.4 Å². The maximum atomic E-state index is 5.42. The number of nitrogens with zero attached hydrogens (tertiary/aromatic N) is 1. The van der Waals surface area contributed by atoms with E-state index < -0.39 is 0 Å². The number of rotatable bonds is 1. The van der Waals surface area contributed by atoms with E-state index in [1.165, 1.54) is 5.57 Å². The molecule has 0 unspecified atom stereocenters. The molecule has 0 saturated carbocycles. The Morgan fingerprint density at radius 3 is 2.67 bits per heavy atom. The third kappa shape index (κ3) is 2.73. The van der Waals surface area contributed by atoms with Gasteiger partial charge in [0.2, 0.25) is 0 Å². The molecule has 3 nitrogen and oxygen atoms in total. The molecule has 0 atom stereocenters. The van der Waals surface area contributed by atoms with Gasteiger partial charge in [0, 0.05) is 6.42 Å². The van der Waals surface area contributed by atoms with Crippen LogP contribution in [-0.4, -0.2) is 13.0 Å². The Morgan fingerprint density at radius 2 is 2.11 bits per heavy atom. The van der Waals surface area contributed by atoms with Gasteiger partial charge in [0.25, 0.3) is 0 Å². The topological polar surface area (TPSA) is 34.7 Å². The summed E-state index contributed by atoms with van der Waals surface area (Å²) in [7, 11) is 1.65. The first kappa shape index (κ1) is 12.7. The summed E-state index contributed by atoms with van der Waals surface area (Å²) in [5, 5.41) is 0. The van der Waals surface area contributed by atoms with Crippen LogP contribution in [0, 0.1) is 5.41 Å². The highest BCUT2D eigenvalue weighted by Crippen LogP contribution is 2.32. The van der Waals surface area contributed by atoms with Crippen molar-refractivity contribution in [3.05, 3.63) is 41.9 Å². The van der Waals surface area contributed by atoms with Crippen LogP contribution in [0.3, 0.4) is 0 Å². The standard InChI is InChI=1S/C15H19NO2/c1-15(2,3)11-7-8-14(17-4)16-12(10-11)13-6-5-9-18-13/h5-7,9-10H,8H2,1-4H3. The second kappa shape index (κ2) is 4.84. The monoisotopic (exact) mass is 245 g/mol. The molecular formula is C15H19NO2. The molecule has 3 heteroatoms. The highest BCUT2D eigenvalue weighted by Gasteiger charge is 2.19. The molecule has 1 aromatic heterocycles. The normalized spacial score (nSPS) is 16.6. The lowest BCUT2D eigenvalue weighted by Gasteiger charge is -2.20. The van der Waals surface area contributed by atoms with Crippen molar-refractivity contribution in [1.29, 1.82) is 0 Å². The van der Waals surface area contributed by atoms with Gasteiger partial charge >= 0.3 is 0 Å². The van der Waals surface area contributed by atoms with Crippen LogP contribution in [-0.2, 0) is 4.74 Å². The van der Waals surface area contributed by atoms with Crippen molar-refractivity contribution < 1.29 is 9.15 Å². The van der Waals surface area contributed by atoms with Crippen LogP contribution < -0.4 is 0 Å². The third-order valence-corrected chi connectivity index (χ3v) is 2.91. The third-order valence-electron chi connectivity index (χ3n) is 2.91. The molecule has 0 N–H and O–H groups in total. The van der Waals surface area contributed by atoms with Crippen molar-refractivity contribution in [2.45, 2.75) is 27.2 Å². The molecule has 0 saturated heterocycles. The summed E-state index contributed by atoms with van der Waals surface area (Å²) in [6, 6.07) is 3.78. The number of allylic oxidation sites excluding steroid dienone is 2. The first-order valence-electron chi connectivity index (χ1n) is 6.08. The van der Waals surface area contributed by atoms with Crippen molar-refractivity contribution >= 4 is 11.6 Å². The van der Waals surface area contributed by atoms with Gasteiger partial charge in [-0.1, -0.05) is 26.8 Å². The zero-order chi connectivity index (χ0) is 13.2. The Morgan fingerprint density at radius 1 is 1.33 bits per heavy atom. The molecular weight excluding hydrogens is 226 g/mol. The fraction of sp³-hybridized carbons (Fsp3) is 0.400. The molecule has 0 spiro atoms. The zero-order valence-electron chi connectivity index (χ0n) is 11.4. The highest BCUT2D eigenvalue weighted by atomic mass is 16.5. The number of hydrogen-bond donors (Lipinski definition) is 0. The molecule has 0 aromatic carbocycles. The van der Waals surface area contributed by atoms with Gasteiger partial charge < -0.3 is 9.15 Å². The minimum Gasteiger partial charge on any atom is -0.484 e. The summed E-state index contributed by atoms with van der Waals surface area (Å²) in [6.07, 6.45) is 6.61. The average Bonchev–Trinajstić information content (AvgIpc) is 2.73. The summed E-state index contributed by atoms with van der Waals surface area (Å²) in [6.45, 7) is 6.56. The Kier molecular flexibility index (Phi) is 3.41. The summed E-state index contributed by atoms with van der Waals surface area (Å²) in [5.74, 6) is 1.47. The molecule has 1 aliphatic rings. The van der Waals surface area contributed by atoms with Crippen LogP contribution in [0.5, 0.6) is 0 Å². The van der Waals surface area contributed by atoms with Crippen molar-refractivity contribution in [3.63, 3.8) is 0 Å². The van der Waals surface area contributed by atoms with E-state index in [-0.39, 0.29) is 5.41 Å². The molecule has 0 bridgehead atoms. The lowest BCUT2D eigenvalue weighted by molar-refractivity contribution is 0.395. The van der Waals surface area contributed by atoms with Crippen LogP contribution in [0.2, 0.25) is 0 Å². The lowest BCUT2D eigenvalue weighted by atomic mass is 9.85. The van der Waals surface area contributed by atoms with Crippen molar-refractivity contribution in [3.8, 4) is 0 Å². The predicted octanol–water partition coefficient (Wildman–Crippen LogP) is 4.04. The Balaban J connectivity index is 2.45. The van der Waals surface area contributed by atoms with Gasteiger partial charge in [-0.05, 0) is 29.2 Å². The summed E-state index contributed by atoms with van der Waals surface area (Å²) in [4.78, 5) is 4.51. The average molecular weight is 245 g/mol. The predicted molar refractivity (Wildman–Crippen MR) is 73.3 cm³/mol. The van der Waals surface area contributed by atoms with Crippen LogP contribution in [0.4, 0.5) is 0 Å². The van der Waals surface area contributed by atoms with E-state index >= 15 is 0 Å². The maximum Gasteiger partial charge on any atom is 0.192 e. The molecule has 2 heterocycles. The second-order valence-corrected chi connectivity index (χ2v) is 5.33. The van der Waals surface area contributed by atoms with Gasteiger partial charge in [-0.15, -0.1) is 0 Å². The van der Waals surface area contributed by atoms with E-state index in [1.54, 1.807) is 13.4 Å². The van der Waals surface area contributed by atoms with E-state index in [1.807, 2.05) is 12.1 Å². The van der Waals surface area contributed by atoms with E-state index in [9.17, 15) is 0 Å². The molecule has 1 aromatic rings. The molecule has 96 valence electrons. The summed E-state index contributed by atoms with van der Waals surface area (Å²) in [5.41, 5.74) is 2.14. The highest BCUT2D eigenvalue weighted by molar-refractivity contribution is 5.86. The van der Waals surface area contributed by atoms with Crippen molar-refractivity contribution in [2.75, 3.05) is 7.11 Å². The maximum absolute atomic E-state index is 5.42. The Bertz CT molecular complexity index is 499.